The average molecular weight is 733 g/mol. The Labute approximate surface area is 326 Å². The number of hydrogen-bond donors (Lipinski definition) is 1. The molecule has 12 rings (SSSR count). The summed E-state index contributed by atoms with van der Waals surface area (Å²) in [5.41, 5.74) is 11.7. The monoisotopic (exact) mass is 732 g/mol. The molecule has 0 bridgehead atoms. The molecule has 0 spiro atoms. The lowest BCUT2D eigenvalue weighted by atomic mass is 10.0. The molecule has 1 atom stereocenters. The fourth-order valence-corrected chi connectivity index (χ4v) is 8.63. The van der Waals surface area contributed by atoms with Crippen LogP contribution in [0.5, 0.6) is 0 Å². The summed E-state index contributed by atoms with van der Waals surface area (Å²) in [7, 11) is 0. The van der Waals surface area contributed by atoms with Gasteiger partial charge in [-0.3, -0.25) is 0 Å². The zero-order chi connectivity index (χ0) is 37.5. The highest BCUT2D eigenvalue weighted by atomic mass is 16.3. The molecule has 0 aliphatic carbocycles. The maximum atomic E-state index is 6.75. The van der Waals surface area contributed by atoms with E-state index in [1.165, 1.54) is 21.8 Å². The molecule has 1 aliphatic heterocycles. The Morgan fingerprint density at radius 1 is 0.474 bits per heavy atom. The van der Waals surface area contributed by atoms with Gasteiger partial charge in [0.25, 0.3) is 0 Å². The van der Waals surface area contributed by atoms with Crippen LogP contribution >= 0.6 is 0 Å². The number of furan rings is 2. The van der Waals surface area contributed by atoms with Gasteiger partial charge in [0, 0.05) is 32.5 Å². The SMILES string of the molecule is c1ccc(C2=NC(c3cccc4c3oc3cc(-c5ccc6c(c5)oc5cccc(-n7c8ccccc8c8ccccc87)c56)ccc34)=NC(c3ccccc3)N2)cc1. The first kappa shape index (κ1) is 31.6. The summed E-state index contributed by atoms with van der Waals surface area (Å²) in [5, 5.41) is 10.3. The second-order valence-corrected chi connectivity index (χ2v) is 14.6. The second-order valence-electron chi connectivity index (χ2n) is 14.6. The van der Waals surface area contributed by atoms with Crippen molar-refractivity contribution in [2.75, 3.05) is 0 Å². The second kappa shape index (κ2) is 12.4. The van der Waals surface area contributed by atoms with Crippen molar-refractivity contribution in [1.29, 1.82) is 0 Å². The summed E-state index contributed by atoms with van der Waals surface area (Å²) in [6.45, 7) is 0. The number of amidine groups is 2. The first-order chi connectivity index (χ1) is 28.2. The maximum absolute atomic E-state index is 6.75. The Hall–Kier alpha value is -7.70. The van der Waals surface area contributed by atoms with Crippen molar-refractivity contribution in [3.8, 4) is 16.8 Å². The molecule has 0 saturated heterocycles. The Kier molecular flexibility index (Phi) is 6.89. The quantitative estimate of drug-likeness (QED) is 0.192. The highest BCUT2D eigenvalue weighted by Crippen LogP contribution is 2.41. The molecule has 1 N–H and O–H groups in total. The molecule has 6 heteroatoms. The zero-order valence-corrected chi connectivity index (χ0v) is 30.6. The minimum Gasteiger partial charge on any atom is -0.456 e. The number of rotatable bonds is 5. The van der Waals surface area contributed by atoms with E-state index in [0.29, 0.717) is 5.84 Å². The lowest BCUT2D eigenvalue weighted by Gasteiger charge is -2.23. The van der Waals surface area contributed by atoms with Crippen molar-refractivity contribution in [1.82, 2.24) is 9.88 Å². The average Bonchev–Trinajstić information content (AvgIpc) is 3.96. The Morgan fingerprint density at radius 2 is 1.11 bits per heavy atom. The molecule has 1 unspecified atom stereocenters. The van der Waals surface area contributed by atoms with Gasteiger partial charge in [-0.15, -0.1) is 0 Å². The predicted octanol–water partition coefficient (Wildman–Crippen LogP) is 12.7. The first-order valence-electron chi connectivity index (χ1n) is 19.2. The van der Waals surface area contributed by atoms with Gasteiger partial charge in [-0.2, -0.15) is 0 Å². The van der Waals surface area contributed by atoms with Gasteiger partial charge in [0.2, 0.25) is 0 Å². The van der Waals surface area contributed by atoms with Gasteiger partial charge in [0.05, 0.1) is 27.7 Å². The number of nitrogens with one attached hydrogen (secondary N) is 1. The van der Waals surface area contributed by atoms with Crippen LogP contribution in [0.4, 0.5) is 0 Å². The van der Waals surface area contributed by atoms with Gasteiger partial charge in [-0.25, -0.2) is 9.98 Å². The predicted molar refractivity (Wildman–Crippen MR) is 233 cm³/mol. The smallest absolute Gasteiger partial charge is 0.163 e. The van der Waals surface area contributed by atoms with Crippen LogP contribution in [0.1, 0.15) is 22.9 Å². The fraction of sp³-hybridized carbons (Fsp3) is 0.0196. The van der Waals surface area contributed by atoms with Crippen LogP contribution in [0.2, 0.25) is 0 Å². The van der Waals surface area contributed by atoms with Crippen LogP contribution < -0.4 is 5.32 Å². The van der Waals surface area contributed by atoms with Crippen molar-refractivity contribution in [3.05, 3.63) is 199 Å². The number of fused-ring (bicyclic) bond motifs is 9. The summed E-state index contributed by atoms with van der Waals surface area (Å²) in [6, 6.07) is 63.2. The topological polar surface area (TPSA) is 68.0 Å². The third-order valence-electron chi connectivity index (χ3n) is 11.3. The minimum atomic E-state index is -0.300. The van der Waals surface area contributed by atoms with Gasteiger partial charge in [-0.05, 0) is 71.3 Å². The third-order valence-corrected chi connectivity index (χ3v) is 11.3. The minimum absolute atomic E-state index is 0.300. The standard InChI is InChI=1S/C51H32N4O2/c1-3-13-31(14-4-1)49-52-50(32-15-5-2-6-16-32)54-51(53-49)40-20-11-19-38-37-27-25-33(29-45(37)57-48(38)40)34-26-28-39-46(30-34)56-44-24-12-23-43(47(39)44)55-41-21-9-7-17-35(41)36-18-8-10-22-42(36)55/h1-30,49H,(H,52,53,54). The largest absolute Gasteiger partial charge is 0.456 e. The molecule has 8 aromatic carbocycles. The van der Waals surface area contributed by atoms with Gasteiger partial charge >= 0.3 is 0 Å². The van der Waals surface area contributed by atoms with Gasteiger partial charge in [0.15, 0.2) is 5.84 Å². The Balaban J connectivity index is 0.968. The molecule has 1 aliphatic rings. The number of aromatic nitrogens is 1. The molecular formula is C51H32N4O2. The summed E-state index contributed by atoms with van der Waals surface area (Å²) in [5.74, 6) is 1.40. The molecule has 0 amide bonds. The summed E-state index contributed by atoms with van der Waals surface area (Å²) in [6.07, 6.45) is -0.300. The highest BCUT2D eigenvalue weighted by Gasteiger charge is 2.24. The molecule has 6 nitrogen and oxygen atoms in total. The van der Waals surface area contributed by atoms with Crippen molar-refractivity contribution < 1.29 is 8.83 Å². The van der Waals surface area contributed by atoms with E-state index >= 15 is 0 Å². The van der Waals surface area contributed by atoms with Gasteiger partial charge in [0.1, 0.15) is 34.3 Å². The number of benzene rings is 8. The lowest BCUT2D eigenvalue weighted by Crippen LogP contribution is -2.33. The summed E-state index contributed by atoms with van der Waals surface area (Å²) < 4.78 is 15.7. The van der Waals surface area contributed by atoms with Crippen molar-refractivity contribution in [2.24, 2.45) is 9.98 Å². The molecule has 57 heavy (non-hydrogen) atoms. The number of para-hydroxylation sites is 3. The van der Waals surface area contributed by atoms with Crippen LogP contribution in [0, 0.1) is 0 Å². The van der Waals surface area contributed by atoms with Crippen molar-refractivity contribution in [2.45, 2.75) is 6.17 Å². The van der Waals surface area contributed by atoms with Crippen molar-refractivity contribution >= 4 is 77.4 Å². The normalized spacial score (nSPS) is 14.5. The third kappa shape index (κ3) is 4.97. The molecule has 0 saturated carbocycles. The van der Waals surface area contributed by atoms with E-state index in [0.717, 1.165) is 83.2 Å². The van der Waals surface area contributed by atoms with Crippen LogP contribution in [-0.2, 0) is 0 Å². The summed E-state index contributed by atoms with van der Waals surface area (Å²) >= 11 is 0. The fourth-order valence-electron chi connectivity index (χ4n) is 8.63. The van der Waals surface area contributed by atoms with Crippen LogP contribution in [0.25, 0.3) is 82.5 Å². The molecule has 0 radical (unpaired) electrons. The van der Waals surface area contributed by atoms with E-state index in [9.17, 15) is 0 Å². The number of nitrogens with zero attached hydrogens (tertiary/aromatic N) is 3. The van der Waals surface area contributed by atoms with E-state index in [2.05, 4.69) is 149 Å². The van der Waals surface area contributed by atoms with Gasteiger partial charge < -0.3 is 18.7 Å². The number of hydrogen-bond acceptors (Lipinski definition) is 5. The summed E-state index contributed by atoms with van der Waals surface area (Å²) in [4.78, 5) is 10.2. The van der Waals surface area contributed by atoms with E-state index < -0.39 is 0 Å². The van der Waals surface area contributed by atoms with Crippen LogP contribution in [0.15, 0.2) is 201 Å². The molecule has 3 aromatic heterocycles. The van der Waals surface area contributed by atoms with E-state index in [-0.39, 0.29) is 6.17 Å². The van der Waals surface area contributed by atoms with Crippen LogP contribution in [-0.4, -0.2) is 16.2 Å². The Morgan fingerprint density at radius 3 is 1.86 bits per heavy atom. The Bertz CT molecular complexity index is 3390. The molecule has 268 valence electrons. The number of aliphatic imine (C=N–C) groups is 2. The molecule has 0 fully saturated rings. The molecule has 4 heterocycles. The van der Waals surface area contributed by atoms with Gasteiger partial charge in [-0.1, -0.05) is 127 Å². The van der Waals surface area contributed by atoms with E-state index in [4.69, 9.17) is 18.8 Å². The zero-order valence-electron chi connectivity index (χ0n) is 30.6. The maximum Gasteiger partial charge on any atom is 0.163 e. The first-order valence-corrected chi connectivity index (χ1v) is 19.2. The lowest BCUT2D eigenvalue weighted by molar-refractivity contribution is 0.663. The van der Waals surface area contributed by atoms with Crippen molar-refractivity contribution in [3.63, 3.8) is 0 Å². The van der Waals surface area contributed by atoms with E-state index in [1.54, 1.807) is 0 Å². The highest BCUT2D eigenvalue weighted by molar-refractivity contribution is 6.20. The molecule has 11 aromatic rings. The van der Waals surface area contributed by atoms with E-state index in [1.807, 2.05) is 42.5 Å². The molecular weight excluding hydrogens is 701 g/mol. The van der Waals surface area contributed by atoms with Crippen LogP contribution in [0.3, 0.4) is 0 Å².